The number of halogens is 2. The van der Waals surface area contributed by atoms with Crippen LogP contribution >= 0.6 is 0 Å². The number of aromatic nitrogens is 1. The van der Waals surface area contributed by atoms with Crippen molar-refractivity contribution in [2.75, 3.05) is 7.05 Å². The number of oxazole rings is 1. The van der Waals surface area contributed by atoms with Crippen molar-refractivity contribution in [3.05, 3.63) is 53.2 Å². The van der Waals surface area contributed by atoms with Crippen LogP contribution in [0.4, 0.5) is 8.78 Å². The minimum absolute atomic E-state index is 0.0620. The summed E-state index contributed by atoms with van der Waals surface area (Å²) in [5, 5.41) is 5.21. The van der Waals surface area contributed by atoms with Crippen molar-refractivity contribution < 1.29 is 18.0 Å². The molecular formula is C13H13F2N3O2. The maximum Gasteiger partial charge on any atom is 0.273 e. The zero-order chi connectivity index (χ0) is 14.5. The monoisotopic (exact) mass is 281 g/mol. The van der Waals surface area contributed by atoms with Crippen LogP contribution in [0.3, 0.4) is 0 Å². The average molecular weight is 281 g/mol. The molecule has 2 aromatic rings. The van der Waals surface area contributed by atoms with Gasteiger partial charge in [0, 0.05) is 12.1 Å². The molecule has 0 aliphatic rings. The van der Waals surface area contributed by atoms with Gasteiger partial charge in [-0.3, -0.25) is 4.79 Å². The van der Waals surface area contributed by atoms with Gasteiger partial charge in [0.15, 0.2) is 5.69 Å². The number of nitrogens with zero attached hydrogens (tertiary/aromatic N) is 1. The zero-order valence-corrected chi connectivity index (χ0v) is 10.7. The van der Waals surface area contributed by atoms with Crippen molar-refractivity contribution in [2.24, 2.45) is 0 Å². The Morgan fingerprint density at radius 1 is 1.30 bits per heavy atom. The second-order valence-corrected chi connectivity index (χ2v) is 4.04. The van der Waals surface area contributed by atoms with Crippen molar-refractivity contribution in [2.45, 2.75) is 13.1 Å². The van der Waals surface area contributed by atoms with Crippen molar-refractivity contribution in [1.29, 1.82) is 0 Å². The van der Waals surface area contributed by atoms with Gasteiger partial charge in [-0.2, -0.15) is 0 Å². The molecule has 0 saturated heterocycles. The highest BCUT2D eigenvalue weighted by atomic mass is 19.1. The predicted octanol–water partition coefficient (Wildman–Crippen LogP) is 1.60. The van der Waals surface area contributed by atoms with E-state index in [0.717, 1.165) is 12.1 Å². The number of hydrogen-bond donors (Lipinski definition) is 2. The van der Waals surface area contributed by atoms with Gasteiger partial charge in [-0.15, -0.1) is 0 Å². The number of carbonyl (C=O) groups is 1. The first-order valence-electron chi connectivity index (χ1n) is 5.92. The van der Waals surface area contributed by atoms with E-state index < -0.39 is 17.5 Å². The Labute approximate surface area is 114 Å². The summed E-state index contributed by atoms with van der Waals surface area (Å²) in [6.07, 6.45) is 1.19. The quantitative estimate of drug-likeness (QED) is 0.873. The predicted molar refractivity (Wildman–Crippen MR) is 66.8 cm³/mol. The molecule has 0 radical (unpaired) electrons. The lowest BCUT2D eigenvalue weighted by molar-refractivity contribution is 0.0945. The fourth-order valence-electron chi connectivity index (χ4n) is 1.61. The van der Waals surface area contributed by atoms with E-state index in [0.29, 0.717) is 12.4 Å². The SMILES string of the molecule is CNCc1nc(C(=O)NCc2c(F)cccc2F)co1. The summed E-state index contributed by atoms with van der Waals surface area (Å²) in [5.41, 5.74) is -0.133. The van der Waals surface area contributed by atoms with Crippen molar-refractivity contribution >= 4 is 5.91 Å². The van der Waals surface area contributed by atoms with Crippen molar-refractivity contribution in [1.82, 2.24) is 15.6 Å². The van der Waals surface area contributed by atoms with Gasteiger partial charge in [0.05, 0.1) is 6.54 Å². The third-order valence-electron chi connectivity index (χ3n) is 2.60. The number of amides is 1. The van der Waals surface area contributed by atoms with Gasteiger partial charge in [0.25, 0.3) is 5.91 Å². The summed E-state index contributed by atoms with van der Waals surface area (Å²) in [4.78, 5) is 15.7. The van der Waals surface area contributed by atoms with Gasteiger partial charge < -0.3 is 15.1 Å². The van der Waals surface area contributed by atoms with E-state index >= 15 is 0 Å². The molecule has 1 aromatic heterocycles. The Morgan fingerprint density at radius 2 is 2.00 bits per heavy atom. The third kappa shape index (κ3) is 3.18. The normalized spacial score (nSPS) is 10.6. The molecule has 0 aliphatic carbocycles. The molecule has 106 valence electrons. The molecule has 0 aliphatic heterocycles. The van der Waals surface area contributed by atoms with Gasteiger partial charge in [0.1, 0.15) is 17.9 Å². The van der Waals surface area contributed by atoms with Gasteiger partial charge in [0.2, 0.25) is 5.89 Å². The Kier molecular flexibility index (Phi) is 4.41. The van der Waals surface area contributed by atoms with Gasteiger partial charge in [-0.25, -0.2) is 13.8 Å². The molecule has 20 heavy (non-hydrogen) atoms. The largest absolute Gasteiger partial charge is 0.447 e. The van der Waals surface area contributed by atoms with E-state index in [4.69, 9.17) is 4.42 Å². The molecule has 2 N–H and O–H groups in total. The highest BCUT2D eigenvalue weighted by Crippen LogP contribution is 2.11. The topological polar surface area (TPSA) is 67.2 Å². The van der Waals surface area contributed by atoms with Crippen LogP contribution in [0.1, 0.15) is 21.9 Å². The number of benzene rings is 1. The molecule has 1 amide bonds. The van der Waals surface area contributed by atoms with E-state index in [1.165, 1.54) is 12.3 Å². The molecule has 0 fully saturated rings. The van der Waals surface area contributed by atoms with Gasteiger partial charge in [-0.1, -0.05) is 6.07 Å². The average Bonchev–Trinajstić information content (AvgIpc) is 2.87. The molecule has 0 unspecified atom stereocenters. The van der Waals surface area contributed by atoms with Crippen LogP contribution in [0.2, 0.25) is 0 Å². The Hall–Kier alpha value is -2.28. The molecule has 0 bridgehead atoms. The van der Waals surface area contributed by atoms with Crippen LogP contribution in [-0.2, 0) is 13.1 Å². The zero-order valence-electron chi connectivity index (χ0n) is 10.7. The third-order valence-corrected chi connectivity index (χ3v) is 2.60. The Balaban J connectivity index is 2.01. The first-order chi connectivity index (χ1) is 9.61. The maximum atomic E-state index is 13.4. The summed E-state index contributed by atoms with van der Waals surface area (Å²) in [6.45, 7) is 0.126. The van der Waals surface area contributed by atoms with Gasteiger partial charge >= 0.3 is 0 Å². The highest BCUT2D eigenvalue weighted by molar-refractivity contribution is 5.91. The lowest BCUT2D eigenvalue weighted by Gasteiger charge is -2.05. The van der Waals surface area contributed by atoms with Crippen LogP contribution in [0.15, 0.2) is 28.9 Å². The Bertz CT molecular complexity index is 593. The molecule has 0 saturated carbocycles. The smallest absolute Gasteiger partial charge is 0.273 e. The van der Waals surface area contributed by atoms with Gasteiger partial charge in [-0.05, 0) is 19.2 Å². The first kappa shape index (κ1) is 14.1. The van der Waals surface area contributed by atoms with Crippen LogP contribution in [0.25, 0.3) is 0 Å². The molecule has 2 rings (SSSR count). The first-order valence-corrected chi connectivity index (χ1v) is 5.92. The summed E-state index contributed by atoms with van der Waals surface area (Å²) in [6, 6.07) is 3.52. The van der Waals surface area contributed by atoms with E-state index in [1.807, 2.05) is 0 Å². The van der Waals surface area contributed by atoms with Crippen molar-refractivity contribution in [3.8, 4) is 0 Å². The van der Waals surface area contributed by atoms with E-state index in [2.05, 4.69) is 15.6 Å². The second kappa shape index (κ2) is 6.25. The van der Waals surface area contributed by atoms with E-state index in [9.17, 15) is 13.6 Å². The van der Waals surface area contributed by atoms with Crippen molar-refractivity contribution in [3.63, 3.8) is 0 Å². The fourth-order valence-corrected chi connectivity index (χ4v) is 1.61. The minimum atomic E-state index is -0.707. The standard InChI is InChI=1S/C13H13F2N3O2/c1-16-6-12-18-11(7-20-12)13(19)17-5-8-9(14)3-2-4-10(8)15/h2-4,7,16H,5-6H2,1H3,(H,17,19). The minimum Gasteiger partial charge on any atom is -0.447 e. The van der Waals surface area contributed by atoms with Crippen LogP contribution in [-0.4, -0.2) is 17.9 Å². The van der Waals surface area contributed by atoms with Crippen LogP contribution in [0, 0.1) is 11.6 Å². The molecular weight excluding hydrogens is 268 g/mol. The fraction of sp³-hybridized carbons (Fsp3) is 0.231. The Morgan fingerprint density at radius 3 is 2.65 bits per heavy atom. The summed E-state index contributed by atoms with van der Waals surface area (Å²) in [5.74, 6) is -1.61. The summed E-state index contributed by atoms with van der Waals surface area (Å²) < 4.78 is 31.8. The number of nitrogens with one attached hydrogen (secondary N) is 2. The molecule has 7 heteroatoms. The number of rotatable bonds is 5. The van der Waals surface area contributed by atoms with Crippen LogP contribution < -0.4 is 10.6 Å². The molecule has 0 atom stereocenters. The van der Waals surface area contributed by atoms with E-state index in [1.54, 1.807) is 7.05 Å². The molecule has 0 spiro atoms. The summed E-state index contributed by atoms with van der Waals surface area (Å²) >= 11 is 0. The highest BCUT2D eigenvalue weighted by Gasteiger charge is 2.14. The molecule has 5 nitrogen and oxygen atoms in total. The molecule has 1 aromatic carbocycles. The number of hydrogen-bond acceptors (Lipinski definition) is 4. The van der Waals surface area contributed by atoms with Crippen LogP contribution in [0.5, 0.6) is 0 Å². The second-order valence-electron chi connectivity index (χ2n) is 4.04. The summed E-state index contributed by atoms with van der Waals surface area (Å²) in [7, 11) is 1.71. The lowest BCUT2D eigenvalue weighted by Crippen LogP contribution is -2.24. The number of carbonyl (C=O) groups excluding carboxylic acids is 1. The maximum absolute atomic E-state index is 13.4. The lowest BCUT2D eigenvalue weighted by atomic mass is 10.2. The molecule has 1 heterocycles. The van der Waals surface area contributed by atoms with E-state index in [-0.39, 0.29) is 17.8 Å².